The molecule has 5 heteroatoms. The minimum absolute atomic E-state index is 0. The quantitative estimate of drug-likeness (QED) is 0.242. The van der Waals surface area contributed by atoms with Crippen molar-refractivity contribution < 1.29 is 33.6 Å². The van der Waals surface area contributed by atoms with Crippen molar-refractivity contribution in [1.82, 2.24) is 0 Å². The number of carboxylic acids is 1. The predicted octanol–water partition coefficient (Wildman–Crippen LogP) is -3.55. The second-order valence-corrected chi connectivity index (χ2v) is 3.05. The van der Waals surface area contributed by atoms with E-state index in [0.29, 0.717) is 5.75 Å². The summed E-state index contributed by atoms with van der Waals surface area (Å²) in [7, 11) is 0. The van der Waals surface area contributed by atoms with Gasteiger partial charge in [-0.3, -0.25) is 4.79 Å². The molecule has 58 valence electrons. The summed E-state index contributed by atoms with van der Waals surface area (Å²) in [6.07, 6.45) is 0.0842. The molecule has 0 aliphatic heterocycles. The number of hydrogen-bond acceptors (Lipinski definition) is 4. The van der Waals surface area contributed by atoms with Gasteiger partial charge in [0.1, 0.15) is 5.97 Å². The Hall–Kier alpha value is 0.0874. The number of rotatable bonds is 5. The van der Waals surface area contributed by atoms with Gasteiger partial charge >= 0.3 is 18.9 Å². The molecule has 0 amide bonds. The van der Waals surface area contributed by atoms with Gasteiger partial charge in [0.15, 0.2) is 5.78 Å². The van der Waals surface area contributed by atoms with Gasteiger partial charge in [-0.25, -0.2) is 0 Å². The van der Waals surface area contributed by atoms with Crippen molar-refractivity contribution in [3.05, 3.63) is 0 Å². The summed E-state index contributed by atoms with van der Waals surface area (Å²) < 4.78 is 0. The number of ketones is 1. The summed E-state index contributed by atoms with van der Waals surface area (Å²) in [6, 6.07) is 0. The van der Waals surface area contributed by atoms with Crippen LogP contribution in [-0.4, -0.2) is 23.3 Å². The first-order valence-corrected chi connectivity index (χ1v) is 4.16. The second kappa shape index (κ2) is 8.19. The van der Waals surface area contributed by atoms with E-state index in [-0.39, 0.29) is 25.3 Å². The molecule has 0 bridgehead atoms. The van der Waals surface area contributed by atoms with Crippen LogP contribution in [0.5, 0.6) is 0 Å². The molecule has 0 aromatic carbocycles. The fourth-order valence-corrected chi connectivity index (χ4v) is 1.03. The molecule has 0 saturated carbocycles. The molecule has 0 atom stereocenters. The van der Waals surface area contributed by atoms with Gasteiger partial charge in [0.05, 0.1) is 0 Å². The number of Topliss-reactive ketones (excluding diaryl/α,β-unsaturated/α-hetero) is 1. The first-order valence-electron chi connectivity index (χ1n) is 3.00. The molecule has 3 nitrogen and oxygen atoms in total. The van der Waals surface area contributed by atoms with Crippen LogP contribution in [0.15, 0.2) is 0 Å². The van der Waals surface area contributed by atoms with Crippen molar-refractivity contribution in [3.63, 3.8) is 0 Å². The van der Waals surface area contributed by atoms with E-state index in [1.165, 1.54) is 0 Å². The molecule has 0 radical (unpaired) electrons. The van der Waals surface area contributed by atoms with E-state index >= 15 is 0 Å². The van der Waals surface area contributed by atoms with E-state index < -0.39 is 11.8 Å². The summed E-state index contributed by atoms with van der Waals surface area (Å²) >= 11 is 1.54. The summed E-state index contributed by atoms with van der Waals surface area (Å²) in [6.45, 7) is 1.95. The van der Waals surface area contributed by atoms with E-state index in [9.17, 15) is 14.7 Å². The van der Waals surface area contributed by atoms with Crippen LogP contribution < -0.4 is 24.0 Å². The molecule has 0 aliphatic rings. The number of carbonyl (C=O) groups is 2. The first kappa shape index (κ1) is 13.7. The van der Waals surface area contributed by atoms with E-state index in [1.807, 2.05) is 6.92 Å². The van der Waals surface area contributed by atoms with Crippen LogP contribution in [0.4, 0.5) is 0 Å². The molecule has 0 rings (SSSR count). The summed E-state index contributed by atoms with van der Waals surface area (Å²) in [4.78, 5) is 20.2. The topological polar surface area (TPSA) is 57.2 Å². The Morgan fingerprint density at radius 1 is 1.45 bits per heavy atom. The third-order valence-corrected chi connectivity index (χ3v) is 1.81. The number of carbonyl (C=O) groups excluding carboxylic acids is 2. The molecule has 0 aromatic rings. The predicted molar refractivity (Wildman–Crippen MR) is 37.6 cm³/mol. The van der Waals surface area contributed by atoms with Crippen molar-refractivity contribution in [2.75, 3.05) is 11.5 Å². The maximum atomic E-state index is 10.3. The number of aliphatic carboxylic acids is 1. The molecule has 0 heterocycles. The SMILES string of the molecule is CCSCCC(=O)C(=O)[O-].[Li+]. The zero-order valence-electron chi connectivity index (χ0n) is 6.75. The Morgan fingerprint density at radius 2 is 2.00 bits per heavy atom. The monoisotopic (exact) mass is 168 g/mol. The minimum atomic E-state index is -1.57. The van der Waals surface area contributed by atoms with Crippen LogP contribution >= 0.6 is 11.8 Å². The second-order valence-electron chi connectivity index (χ2n) is 1.66. The Bertz CT molecular complexity index is 138. The number of thioether (sulfide) groups is 1. The molecular weight excluding hydrogens is 159 g/mol. The molecule has 0 unspecified atom stereocenters. The fraction of sp³-hybridized carbons (Fsp3) is 0.667. The molecule has 11 heavy (non-hydrogen) atoms. The van der Waals surface area contributed by atoms with Crippen molar-refractivity contribution in [1.29, 1.82) is 0 Å². The van der Waals surface area contributed by atoms with E-state index in [1.54, 1.807) is 11.8 Å². The van der Waals surface area contributed by atoms with Crippen molar-refractivity contribution >= 4 is 23.5 Å². The van der Waals surface area contributed by atoms with Crippen molar-refractivity contribution in [2.24, 2.45) is 0 Å². The normalized spacial score (nSPS) is 8.45. The third kappa shape index (κ3) is 7.99. The Balaban J connectivity index is 0. The van der Waals surface area contributed by atoms with Gasteiger partial charge in [-0.15, -0.1) is 0 Å². The molecule has 0 aliphatic carbocycles. The van der Waals surface area contributed by atoms with Crippen molar-refractivity contribution in [2.45, 2.75) is 13.3 Å². The maximum Gasteiger partial charge on any atom is 1.00 e. The van der Waals surface area contributed by atoms with Crippen LogP contribution in [0, 0.1) is 0 Å². The smallest absolute Gasteiger partial charge is 0.542 e. The van der Waals surface area contributed by atoms with Gasteiger partial charge in [0, 0.05) is 12.2 Å². The molecule has 0 aromatic heterocycles. The van der Waals surface area contributed by atoms with E-state index in [4.69, 9.17) is 0 Å². The molecular formula is C6H9LiO3S. The van der Waals surface area contributed by atoms with Crippen LogP contribution in [0.2, 0.25) is 0 Å². The molecule has 0 saturated heterocycles. The molecule has 0 fully saturated rings. The fourth-order valence-electron chi connectivity index (χ4n) is 0.411. The van der Waals surface area contributed by atoms with Gasteiger partial charge in [0.25, 0.3) is 0 Å². The van der Waals surface area contributed by atoms with Gasteiger partial charge < -0.3 is 9.90 Å². The standard InChI is InChI=1S/C6H10O3S.Li/c1-2-10-4-3-5(7)6(8)9;/h2-4H2,1H3,(H,8,9);/q;+1/p-1. The summed E-state index contributed by atoms with van der Waals surface area (Å²) in [5, 5.41) is 9.82. The third-order valence-electron chi connectivity index (χ3n) is 0.905. The number of hydrogen-bond donors (Lipinski definition) is 0. The minimum Gasteiger partial charge on any atom is -0.542 e. The zero-order chi connectivity index (χ0) is 7.98. The maximum absolute atomic E-state index is 10.3. The summed E-state index contributed by atoms with van der Waals surface area (Å²) in [5.41, 5.74) is 0. The van der Waals surface area contributed by atoms with E-state index in [2.05, 4.69) is 0 Å². The average Bonchev–Trinajstić information content (AvgIpc) is 1.88. The van der Waals surface area contributed by atoms with Crippen LogP contribution in [-0.2, 0) is 9.59 Å². The first-order chi connectivity index (χ1) is 4.68. The Morgan fingerprint density at radius 3 is 2.36 bits per heavy atom. The van der Waals surface area contributed by atoms with Gasteiger partial charge in [-0.05, 0) is 5.75 Å². The van der Waals surface area contributed by atoms with Gasteiger partial charge in [-0.1, -0.05) is 6.92 Å². The molecule has 0 spiro atoms. The van der Waals surface area contributed by atoms with Crippen molar-refractivity contribution in [3.8, 4) is 0 Å². The van der Waals surface area contributed by atoms with Crippen LogP contribution in [0.25, 0.3) is 0 Å². The average molecular weight is 168 g/mol. The molecule has 0 N–H and O–H groups in total. The summed E-state index contributed by atoms with van der Waals surface area (Å²) in [5.74, 6) is -0.901. The number of carboxylic acid groups (broad SMARTS) is 1. The van der Waals surface area contributed by atoms with E-state index in [0.717, 1.165) is 5.75 Å². The van der Waals surface area contributed by atoms with Crippen LogP contribution in [0.3, 0.4) is 0 Å². The Labute approximate surface area is 82.1 Å². The Kier molecular flexibility index (Phi) is 10.2. The van der Waals surface area contributed by atoms with Gasteiger partial charge in [-0.2, -0.15) is 11.8 Å². The van der Waals surface area contributed by atoms with Gasteiger partial charge in [0.2, 0.25) is 0 Å². The largest absolute Gasteiger partial charge is 1.00 e. The van der Waals surface area contributed by atoms with Crippen LogP contribution in [0.1, 0.15) is 13.3 Å². The zero-order valence-corrected chi connectivity index (χ0v) is 7.57.